The molecule has 0 spiro atoms. The molecule has 11 nitrogen and oxygen atoms in total. The number of fused-ring (bicyclic) bond motifs is 1. The Morgan fingerprint density at radius 3 is 2.54 bits per heavy atom. The van der Waals surface area contributed by atoms with E-state index in [9.17, 15) is 23.6 Å². The van der Waals surface area contributed by atoms with Crippen LogP contribution in [0.25, 0.3) is 11.0 Å². The molecule has 0 aliphatic rings. The summed E-state index contributed by atoms with van der Waals surface area (Å²) in [6.45, 7) is 4.16. The summed E-state index contributed by atoms with van der Waals surface area (Å²) in [5.41, 5.74) is 1.56. The van der Waals surface area contributed by atoms with E-state index in [1.54, 1.807) is 46.5 Å². The number of H-pyrrole nitrogens is 1. The van der Waals surface area contributed by atoms with Crippen LogP contribution in [-0.4, -0.2) is 76.4 Å². The molecule has 220 valence electrons. The van der Waals surface area contributed by atoms with Crippen LogP contribution in [0.5, 0.6) is 0 Å². The van der Waals surface area contributed by atoms with Crippen LogP contribution in [0.1, 0.15) is 38.1 Å². The monoisotopic (exact) mass is 567 g/mol. The van der Waals surface area contributed by atoms with Gasteiger partial charge in [-0.3, -0.25) is 14.4 Å². The summed E-state index contributed by atoms with van der Waals surface area (Å²) in [5.74, 6) is -0.345. The standard InChI is InChI=1S/C29H38FN7O4/c1-18(2)14-19-15-20(30)16-23-26(19)34-24(31-23)17-37-13-9-11-22(28(37)40)32-27(39)21(33-29(41)36(5)6)10-7-8-12-25(38)35(3)4/h8-9,11-13,15-16,18,21H,7,10,14,17H2,1-6H3,(H,31,34)(H,32,39)(H,33,41)/b12-8+/t21-/m0/s1. The summed E-state index contributed by atoms with van der Waals surface area (Å²) >= 11 is 0. The average molecular weight is 568 g/mol. The molecule has 12 heteroatoms. The molecule has 3 aromatic rings. The maximum Gasteiger partial charge on any atom is 0.317 e. The number of nitrogens with one attached hydrogen (secondary N) is 3. The third-order valence-electron chi connectivity index (χ3n) is 6.25. The molecule has 0 saturated carbocycles. The summed E-state index contributed by atoms with van der Waals surface area (Å²) in [5, 5.41) is 5.28. The first-order chi connectivity index (χ1) is 19.3. The molecule has 0 radical (unpaired) electrons. The highest BCUT2D eigenvalue weighted by Gasteiger charge is 2.22. The summed E-state index contributed by atoms with van der Waals surface area (Å²) in [6.07, 6.45) is 5.81. The molecule has 1 aromatic carbocycles. The summed E-state index contributed by atoms with van der Waals surface area (Å²) < 4.78 is 15.6. The molecule has 41 heavy (non-hydrogen) atoms. The third-order valence-corrected chi connectivity index (χ3v) is 6.25. The van der Waals surface area contributed by atoms with Crippen molar-refractivity contribution < 1.29 is 18.8 Å². The number of aromatic amines is 1. The van der Waals surface area contributed by atoms with Crippen molar-refractivity contribution in [1.82, 2.24) is 29.7 Å². The number of aromatic nitrogens is 3. The average Bonchev–Trinajstić information content (AvgIpc) is 3.29. The summed E-state index contributed by atoms with van der Waals surface area (Å²) in [7, 11) is 6.36. The number of likely N-dealkylation sites (N-methyl/N-ethyl adjacent to an activating group) is 1. The van der Waals surface area contributed by atoms with Crippen molar-refractivity contribution in [2.75, 3.05) is 33.5 Å². The first-order valence-electron chi connectivity index (χ1n) is 13.4. The van der Waals surface area contributed by atoms with Crippen molar-refractivity contribution in [1.29, 1.82) is 0 Å². The molecule has 1 atom stereocenters. The van der Waals surface area contributed by atoms with Gasteiger partial charge in [0.05, 0.1) is 17.6 Å². The number of carbonyl (C=O) groups excluding carboxylic acids is 3. The molecule has 2 heterocycles. The Labute approximate surface area is 238 Å². The number of allylic oxidation sites excluding steroid dienone is 1. The molecule has 0 bridgehead atoms. The molecule has 0 unspecified atom stereocenters. The van der Waals surface area contributed by atoms with Crippen molar-refractivity contribution in [2.45, 2.75) is 45.7 Å². The largest absolute Gasteiger partial charge is 0.345 e. The van der Waals surface area contributed by atoms with Crippen molar-refractivity contribution in [3.8, 4) is 0 Å². The lowest BCUT2D eigenvalue weighted by Crippen LogP contribution is -2.48. The quantitative estimate of drug-likeness (QED) is 0.306. The highest BCUT2D eigenvalue weighted by Crippen LogP contribution is 2.22. The SMILES string of the molecule is CC(C)Cc1cc(F)cc2[nH]c(Cn3cccc(NC(=O)[C@H](CC/C=C/C(=O)N(C)C)NC(=O)N(C)C)c3=O)nc12. The highest BCUT2D eigenvalue weighted by atomic mass is 19.1. The third kappa shape index (κ3) is 8.50. The second-order valence-electron chi connectivity index (χ2n) is 10.7. The smallest absolute Gasteiger partial charge is 0.317 e. The Morgan fingerprint density at radius 1 is 1.15 bits per heavy atom. The van der Waals surface area contributed by atoms with E-state index >= 15 is 0 Å². The van der Waals surface area contributed by atoms with E-state index in [4.69, 9.17) is 0 Å². The maximum atomic E-state index is 14.2. The lowest BCUT2D eigenvalue weighted by atomic mass is 10.0. The van der Waals surface area contributed by atoms with Gasteiger partial charge in [0.2, 0.25) is 11.8 Å². The van der Waals surface area contributed by atoms with Crippen LogP contribution in [0.4, 0.5) is 14.9 Å². The van der Waals surface area contributed by atoms with E-state index in [2.05, 4.69) is 20.6 Å². The van der Waals surface area contributed by atoms with Crippen LogP contribution in [0.2, 0.25) is 0 Å². The zero-order valence-electron chi connectivity index (χ0n) is 24.3. The summed E-state index contributed by atoms with van der Waals surface area (Å²) in [6, 6.07) is 4.53. The van der Waals surface area contributed by atoms with Crippen LogP contribution in [0, 0.1) is 11.7 Å². The molecule has 3 N–H and O–H groups in total. The molecular weight excluding hydrogens is 529 g/mol. The molecule has 2 aromatic heterocycles. The Bertz CT molecular complexity index is 1490. The van der Waals surface area contributed by atoms with Gasteiger partial charge in [-0.2, -0.15) is 0 Å². The Hall–Kier alpha value is -4.48. The number of hydrogen-bond acceptors (Lipinski definition) is 5. The van der Waals surface area contributed by atoms with Crippen LogP contribution in [0.15, 0.2) is 47.4 Å². The molecule has 4 amide bonds. The van der Waals surface area contributed by atoms with E-state index in [1.165, 1.54) is 38.6 Å². The molecule has 0 aliphatic carbocycles. The van der Waals surface area contributed by atoms with Crippen LogP contribution >= 0.6 is 0 Å². The van der Waals surface area contributed by atoms with Gasteiger partial charge in [0, 0.05) is 34.4 Å². The number of urea groups is 1. The van der Waals surface area contributed by atoms with Crippen molar-refractivity contribution in [2.24, 2.45) is 5.92 Å². The number of carbonyl (C=O) groups is 3. The summed E-state index contributed by atoms with van der Waals surface area (Å²) in [4.78, 5) is 60.9. The van der Waals surface area contributed by atoms with E-state index in [1.807, 2.05) is 13.8 Å². The number of hydrogen-bond donors (Lipinski definition) is 3. The Morgan fingerprint density at radius 2 is 1.88 bits per heavy atom. The van der Waals surface area contributed by atoms with E-state index in [0.29, 0.717) is 35.6 Å². The van der Waals surface area contributed by atoms with E-state index in [-0.39, 0.29) is 30.4 Å². The van der Waals surface area contributed by atoms with E-state index < -0.39 is 23.5 Å². The number of pyridine rings is 1. The molecule has 0 saturated heterocycles. The van der Waals surface area contributed by atoms with Crippen LogP contribution < -0.4 is 16.2 Å². The second-order valence-corrected chi connectivity index (χ2v) is 10.7. The van der Waals surface area contributed by atoms with Crippen LogP contribution in [-0.2, 0) is 22.6 Å². The predicted octanol–water partition coefficient (Wildman–Crippen LogP) is 3.11. The van der Waals surface area contributed by atoms with E-state index in [0.717, 1.165) is 5.56 Å². The van der Waals surface area contributed by atoms with Crippen molar-refractivity contribution >= 4 is 34.6 Å². The van der Waals surface area contributed by atoms with Gasteiger partial charge in [-0.1, -0.05) is 19.9 Å². The zero-order valence-corrected chi connectivity index (χ0v) is 24.3. The minimum Gasteiger partial charge on any atom is -0.345 e. The minimum atomic E-state index is -0.957. The minimum absolute atomic E-state index is 0.0302. The van der Waals surface area contributed by atoms with Gasteiger partial charge in [-0.15, -0.1) is 0 Å². The normalized spacial score (nSPS) is 12.1. The fraction of sp³-hybridized carbons (Fsp3) is 0.414. The topological polar surface area (TPSA) is 132 Å². The second kappa shape index (κ2) is 13.7. The number of imidazole rings is 1. The van der Waals surface area contributed by atoms with Gasteiger partial charge in [0.1, 0.15) is 23.4 Å². The zero-order chi connectivity index (χ0) is 30.3. The lowest BCUT2D eigenvalue weighted by molar-refractivity contribution is -0.123. The fourth-order valence-electron chi connectivity index (χ4n) is 4.15. The van der Waals surface area contributed by atoms with Crippen molar-refractivity contribution in [3.63, 3.8) is 0 Å². The highest BCUT2D eigenvalue weighted by molar-refractivity contribution is 5.96. The number of amides is 4. The first kappa shape index (κ1) is 31.1. The van der Waals surface area contributed by atoms with Gasteiger partial charge in [0.15, 0.2) is 0 Å². The van der Waals surface area contributed by atoms with Gasteiger partial charge in [-0.25, -0.2) is 14.2 Å². The lowest BCUT2D eigenvalue weighted by Gasteiger charge is -2.20. The van der Waals surface area contributed by atoms with Crippen molar-refractivity contribution in [3.05, 3.63) is 70.2 Å². The fourth-order valence-corrected chi connectivity index (χ4v) is 4.15. The Kier molecular flexibility index (Phi) is 10.4. The van der Waals surface area contributed by atoms with Crippen LogP contribution in [0.3, 0.4) is 0 Å². The van der Waals surface area contributed by atoms with Gasteiger partial charge in [0.25, 0.3) is 5.56 Å². The maximum absolute atomic E-state index is 14.2. The van der Waals surface area contributed by atoms with Gasteiger partial charge in [-0.05, 0) is 61.1 Å². The number of anilines is 1. The number of rotatable bonds is 11. The predicted molar refractivity (Wildman–Crippen MR) is 156 cm³/mol. The number of benzene rings is 1. The number of nitrogens with zero attached hydrogens (tertiary/aromatic N) is 4. The molecule has 0 aliphatic heterocycles. The molecule has 3 rings (SSSR count). The first-order valence-corrected chi connectivity index (χ1v) is 13.4. The van der Waals surface area contributed by atoms with Gasteiger partial charge >= 0.3 is 6.03 Å². The van der Waals surface area contributed by atoms with Gasteiger partial charge < -0.3 is 30.0 Å². The molecule has 0 fully saturated rings. The number of halogens is 1. The molecular formula is C29H38FN7O4. The Balaban J connectivity index is 1.79.